The summed E-state index contributed by atoms with van der Waals surface area (Å²) < 4.78 is 5.80. The fourth-order valence-corrected chi connectivity index (χ4v) is 2.51. The molecule has 0 aromatic carbocycles. The maximum atomic E-state index is 5.80. The fourth-order valence-electron chi connectivity index (χ4n) is 2.51. The second kappa shape index (κ2) is 11.9. The molecule has 150 valence electrons. The van der Waals surface area contributed by atoms with Crippen molar-refractivity contribution in [1.82, 2.24) is 20.5 Å². The second-order valence-corrected chi connectivity index (χ2v) is 8.06. The van der Waals surface area contributed by atoms with E-state index in [9.17, 15) is 0 Å². The van der Waals surface area contributed by atoms with Gasteiger partial charge in [0.2, 0.25) is 5.89 Å². The van der Waals surface area contributed by atoms with Crippen LogP contribution in [0.15, 0.2) is 15.6 Å². The van der Waals surface area contributed by atoms with Crippen LogP contribution in [0, 0.1) is 0 Å². The monoisotopic (exact) mass is 365 g/mol. The van der Waals surface area contributed by atoms with Crippen LogP contribution in [0.1, 0.15) is 71.5 Å². The van der Waals surface area contributed by atoms with Gasteiger partial charge in [-0.2, -0.15) is 0 Å². The minimum absolute atomic E-state index is 0.0236. The predicted octanol–water partition coefficient (Wildman–Crippen LogP) is 3.54. The van der Waals surface area contributed by atoms with Gasteiger partial charge < -0.3 is 20.0 Å². The zero-order valence-corrected chi connectivity index (χ0v) is 17.7. The van der Waals surface area contributed by atoms with E-state index in [-0.39, 0.29) is 5.41 Å². The first-order valence-electron chi connectivity index (χ1n) is 9.95. The summed E-state index contributed by atoms with van der Waals surface area (Å²) in [5.41, 5.74) is -0.0236. The van der Waals surface area contributed by atoms with E-state index in [1.165, 1.54) is 38.6 Å². The maximum Gasteiger partial charge on any atom is 0.216 e. The van der Waals surface area contributed by atoms with Gasteiger partial charge in [0.25, 0.3) is 0 Å². The third-order valence-corrected chi connectivity index (χ3v) is 4.08. The number of aliphatic imine (C=N–C) groups is 1. The number of guanidine groups is 1. The molecule has 26 heavy (non-hydrogen) atoms. The minimum atomic E-state index is -0.0236. The van der Waals surface area contributed by atoms with Gasteiger partial charge in [-0.05, 0) is 40.4 Å². The van der Waals surface area contributed by atoms with Crippen LogP contribution in [-0.4, -0.2) is 49.6 Å². The summed E-state index contributed by atoms with van der Waals surface area (Å²) in [6.07, 6.45) is 8.13. The lowest BCUT2D eigenvalue weighted by Crippen LogP contribution is -2.37. The summed E-state index contributed by atoms with van der Waals surface area (Å²) in [5, 5.41) is 6.68. The molecule has 0 fully saturated rings. The zero-order chi connectivity index (χ0) is 19.4. The van der Waals surface area contributed by atoms with Crippen LogP contribution in [-0.2, 0) is 12.0 Å². The molecule has 0 aliphatic carbocycles. The Bertz CT molecular complexity index is 517. The average Bonchev–Trinajstić information content (AvgIpc) is 3.04. The Morgan fingerprint density at radius 1 is 1.12 bits per heavy atom. The molecule has 0 unspecified atom stereocenters. The van der Waals surface area contributed by atoms with Crippen LogP contribution >= 0.6 is 0 Å². The summed E-state index contributed by atoms with van der Waals surface area (Å²) in [4.78, 5) is 11.2. The average molecular weight is 366 g/mol. The summed E-state index contributed by atoms with van der Waals surface area (Å²) >= 11 is 0. The Morgan fingerprint density at radius 3 is 2.42 bits per heavy atom. The Kier molecular flexibility index (Phi) is 10.3. The number of nitrogens with zero attached hydrogens (tertiary/aromatic N) is 3. The van der Waals surface area contributed by atoms with Crippen molar-refractivity contribution in [3.8, 4) is 0 Å². The highest BCUT2D eigenvalue weighted by Crippen LogP contribution is 2.22. The van der Waals surface area contributed by atoms with Crippen LogP contribution < -0.4 is 10.6 Å². The topological polar surface area (TPSA) is 65.7 Å². The van der Waals surface area contributed by atoms with E-state index in [2.05, 4.69) is 67.3 Å². The van der Waals surface area contributed by atoms with Crippen molar-refractivity contribution in [3.05, 3.63) is 17.8 Å². The molecule has 0 saturated carbocycles. The summed E-state index contributed by atoms with van der Waals surface area (Å²) in [6, 6.07) is 0. The summed E-state index contributed by atoms with van der Waals surface area (Å²) in [7, 11) is 4.27. The van der Waals surface area contributed by atoms with Gasteiger partial charge in [0.05, 0.1) is 6.20 Å². The van der Waals surface area contributed by atoms with Crippen molar-refractivity contribution < 1.29 is 4.42 Å². The number of rotatable bonds is 11. The number of nitrogens with one attached hydrogen (secondary N) is 2. The van der Waals surface area contributed by atoms with E-state index in [0.717, 1.165) is 24.8 Å². The number of unbranched alkanes of at least 4 members (excludes halogenated alkanes) is 4. The highest BCUT2D eigenvalue weighted by atomic mass is 16.4. The van der Waals surface area contributed by atoms with Gasteiger partial charge in [0, 0.05) is 18.5 Å². The van der Waals surface area contributed by atoms with Gasteiger partial charge in [-0.1, -0.05) is 40.0 Å². The van der Waals surface area contributed by atoms with E-state index in [0.29, 0.717) is 12.4 Å². The number of oxazole rings is 1. The van der Waals surface area contributed by atoms with E-state index in [1.807, 2.05) is 6.20 Å². The Hall–Kier alpha value is -1.56. The zero-order valence-electron chi connectivity index (χ0n) is 17.7. The number of hydrogen-bond acceptors (Lipinski definition) is 4. The first-order valence-corrected chi connectivity index (χ1v) is 9.95. The number of hydrogen-bond donors (Lipinski definition) is 2. The van der Waals surface area contributed by atoms with Gasteiger partial charge in [0.1, 0.15) is 12.3 Å². The van der Waals surface area contributed by atoms with Crippen molar-refractivity contribution in [2.75, 3.05) is 33.7 Å². The molecule has 1 aromatic rings. The van der Waals surface area contributed by atoms with Gasteiger partial charge in [0.15, 0.2) is 5.96 Å². The minimum Gasteiger partial charge on any atom is -0.443 e. The van der Waals surface area contributed by atoms with E-state index in [1.54, 1.807) is 0 Å². The normalized spacial score (nSPS) is 12.7. The van der Waals surface area contributed by atoms with Crippen LogP contribution in [0.5, 0.6) is 0 Å². The van der Waals surface area contributed by atoms with Gasteiger partial charge in [-0.3, -0.25) is 0 Å². The van der Waals surface area contributed by atoms with Crippen LogP contribution in [0.25, 0.3) is 0 Å². The molecule has 0 amide bonds. The molecule has 1 rings (SSSR count). The van der Waals surface area contributed by atoms with Crippen LogP contribution in [0.2, 0.25) is 0 Å². The smallest absolute Gasteiger partial charge is 0.216 e. The van der Waals surface area contributed by atoms with Gasteiger partial charge in [-0.25, -0.2) is 9.98 Å². The van der Waals surface area contributed by atoms with E-state index in [4.69, 9.17) is 4.42 Å². The second-order valence-electron chi connectivity index (χ2n) is 8.06. The van der Waals surface area contributed by atoms with Crippen molar-refractivity contribution >= 4 is 5.96 Å². The molecule has 1 aromatic heterocycles. The molecule has 0 spiro atoms. The van der Waals surface area contributed by atoms with Crippen LogP contribution in [0.3, 0.4) is 0 Å². The fraction of sp³-hybridized carbons (Fsp3) is 0.800. The van der Waals surface area contributed by atoms with Crippen molar-refractivity contribution in [3.63, 3.8) is 0 Å². The first kappa shape index (κ1) is 22.5. The SMILES string of the molecule is CCNC(=NCc1ncc(C(C)(C)C)o1)NCCCCCCCN(C)C. The van der Waals surface area contributed by atoms with Gasteiger partial charge in [-0.15, -0.1) is 0 Å². The standard InChI is InChI=1S/C20H39N5O/c1-7-21-19(22-13-11-9-8-10-12-14-25(5)6)24-16-18-23-15-17(26-18)20(2,3)4/h15H,7-14,16H2,1-6H3,(H2,21,22,24). The predicted molar refractivity (Wildman–Crippen MR) is 110 cm³/mol. The van der Waals surface area contributed by atoms with E-state index >= 15 is 0 Å². The highest BCUT2D eigenvalue weighted by molar-refractivity contribution is 5.79. The quantitative estimate of drug-likeness (QED) is 0.357. The molecule has 0 radical (unpaired) electrons. The third-order valence-electron chi connectivity index (χ3n) is 4.08. The molecule has 0 aliphatic heterocycles. The summed E-state index contributed by atoms with van der Waals surface area (Å²) in [6.45, 7) is 11.9. The van der Waals surface area contributed by atoms with Crippen molar-refractivity contribution in [1.29, 1.82) is 0 Å². The molecule has 0 saturated heterocycles. The molecule has 1 heterocycles. The van der Waals surface area contributed by atoms with Crippen molar-refractivity contribution in [2.45, 2.75) is 71.8 Å². The molecular weight excluding hydrogens is 326 g/mol. The van der Waals surface area contributed by atoms with Crippen LogP contribution in [0.4, 0.5) is 0 Å². The first-order chi connectivity index (χ1) is 12.3. The molecule has 0 bridgehead atoms. The number of aromatic nitrogens is 1. The third kappa shape index (κ3) is 9.80. The molecule has 6 nitrogen and oxygen atoms in total. The van der Waals surface area contributed by atoms with E-state index < -0.39 is 0 Å². The summed E-state index contributed by atoms with van der Waals surface area (Å²) in [5.74, 6) is 2.39. The largest absolute Gasteiger partial charge is 0.443 e. The Morgan fingerprint density at radius 2 is 1.81 bits per heavy atom. The molecule has 0 atom stereocenters. The lowest BCUT2D eigenvalue weighted by molar-refractivity contribution is 0.383. The molecule has 2 N–H and O–H groups in total. The molecule has 0 aliphatic rings. The highest BCUT2D eigenvalue weighted by Gasteiger charge is 2.18. The Balaban J connectivity index is 2.30. The molecular formula is C20H39N5O. The van der Waals surface area contributed by atoms with Gasteiger partial charge >= 0.3 is 0 Å². The maximum absolute atomic E-state index is 5.80. The lowest BCUT2D eigenvalue weighted by atomic mass is 9.94. The molecule has 6 heteroatoms. The lowest BCUT2D eigenvalue weighted by Gasteiger charge is -2.13. The van der Waals surface area contributed by atoms with Crippen molar-refractivity contribution in [2.24, 2.45) is 4.99 Å². The Labute approximate surface area is 159 Å².